The molecule has 0 aliphatic carbocycles. The van der Waals surface area contributed by atoms with Crippen LogP contribution in [0.2, 0.25) is 0 Å². The summed E-state index contributed by atoms with van der Waals surface area (Å²) >= 11 is 0. The second-order valence-electron chi connectivity index (χ2n) is 2.55. The molecule has 0 fully saturated rings. The molecule has 0 saturated carbocycles. The first-order valence-electron chi connectivity index (χ1n) is 3.44. The minimum absolute atomic E-state index is 0.0283. The van der Waals surface area contributed by atoms with E-state index in [0.29, 0.717) is 0 Å². The smallest absolute Gasteiger partial charge is 0.348 e. The molecule has 0 unspecified atom stereocenters. The zero-order chi connectivity index (χ0) is 9.90. The molecule has 0 aromatic heterocycles. The van der Waals surface area contributed by atoms with Gasteiger partial charge in [-0.25, -0.2) is 4.99 Å². The van der Waals surface area contributed by atoms with Gasteiger partial charge < -0.3 is 4.90 Å². The highest BCUT2D eigenvalue weighted by Crippen LogP contribution is 2.17. The summed E-state index contributed by atoms with van der Waals surface area (Å²) in [4.78, 5) is 4.45. The van der Waals surface area contributed by atoms with Gasteiger partial charge in [-0.3, -0.25) is 0 Å². The molecule has 0 radical (unpaired) electrons. The fourth-order valence-electron chi connectivity index (χ4n) is 0.909. The number of hydrogen-bond donors (Lipinski definition) is 0. The van der Waals surface area contributed by atoms with Crippen molar-refractivity contribution < 1.29 is 13.2 Å². The molecule has 0 saturated heterocycles. The lowest BCUT2D eigenvalue weighted by molar-refractivity contribution is -0.136. The SMILES string of the molecule is N#CC1=CN=CN(CC(F)(F)F)C1. The first kappa shape index (κ1) is 9.58. The van der Waals surface area contributed by atoms with Crippen LogP contribution in [0.3, 0.4) is 0 Å². The second kappa shape index (κ2) is 3.47. The minimum Gasteiger partial charge on any atom is -0.348 e. The third-order valence-corrected chi connectivity index (χ3v) is 1.36. The molecule has 0 bridgehead atoms. The Morgan fingerprint density at radius 2 is 2.31 bits per heavy atom. The maximum absolute atomic E-state index is 11.9. The van der Waals surface area contributed by atoms with Gasteiger partial charge in [0.1, 0.15) is 6.54 Å². The largest absolute Gasteiger partial charge is 0.405 e. The fraction of sp³-hybridized carbons (Fsp3) is 0.429. The summed E-state index contributed by atoms with van der Waals surface area (Å²) in [7, 11) is 0. The number of rotatable bonds is 1. The summed E-state index contributed by atoms with van der Waals surface area (Å²) in [5.74, 6) is 0. The van der Waals surface area contributed by atoms with Crippen molar-refractivity contribution >= 4 is 6.34 Å². The molecule has 0 aromatic carbocycles. The highest BCUT2D eigenvalue weighted by Gasteiger charge is 2.30. The van der Waals surface area contributed by atoms with E-state index in [-0.39, 0.29) is 12.1 Å². The van der Waals surface area contributed by atoms with E-state index in [1.807, 2.05) is 0 Å². The Kier molecular flexibility index (Phi) is 2.56. The molecular weight excluding hydrogens is 183 g/mol. The van der Waals surface area contributed by atoms with Crippen molar-refractivity contribution in [3.8, 4) is 6.07 Å². The number of halogens is 3. The number of hydrogen-bond acceptors (Lipinski definition) is 3. The van der Waals surface area contributed by atoms with Crippen LogP contribution >= 0.6 is 0 Å². The van der Waals surface area contributed by atoms with Crippen LogP contribution in [0.1, 0.15) is 0 Å². The molecule has 13 heavy (non-hydrogen) atoms. The van der Waals surface area contributed by atoms with E-state index in [9.17, 15) is 13.2 Å². The average Bonchev–Trinajstić information content (AvgIpc) is 2.01. The third-order valence-electron chi connectivity index (χ3n) is 1.36. The van der Waals surface area contributed by atoms with Crippen molar-refractivity contribution in [1.82, 2.24) is 4.90 Å². The quantitative estimate of drug-likeness (QED) is 0.623. The standard InChI is InChI=1S/C7H6F3N3/c8-7(9,10)4-13-3-6(1-11)2-12-5-13/h2,5H,3-4H2. The van der Waals surface area contributed by atoms with E-state index in [1.54, 1.807) is 6.07 Å². The van der Waals surface area contributed by atoms with E-state index in [0.717, 1.165) is 11.2 Å². The average molecular weight is 189 g/mol. The number of aliphatic imine (C=N–C) groups is 1. The summed E-state index contributed by atoms with van der Waals surface area (Å²) in [6.07, 6.45) is -1.93. The predicted molar refractivity (Wildman–Crippen MR) is 39.8 cm³/mol. The molecular formula is C7H6F3N3. The molecule has 0 atom stereocenters. The van der Waals surface area contributed by atoms with Gasteiger partial charge in [-0.05, 0) is 0 Å². The van der Waals surface area contributed by atoms with E-state index in [1.165, 1.54) is 6.20 Å². The molecule has 6 heteroatoms. The van der Waals surface area contributed by atoms with Crippen LogP contribution in [0.4, 0.5) is 13.2 Å². The van der Waals surface area contributed by atoms with Crippen LogP contribution in [0.5, 0.6) is 0 Å². The molecule has 0 spiro atoms. The maximum atomic E-state index is 11.9. The van der Waals surface area contributed by atoms with Crippen LogP contribution in [-0.2, 0) is 0 Å². The van der Waals surface area contributed by atoms with Gasteiger partial charge in [-0.2, -0.15) is 18.4 Å². The lowest BCUT2D eigenvalue weighted by Gasteiger charge is -2.22. The van der Waals surface area contributed by atoms with Gasteiger partial charge in [0.25, 0.3) is 0 Å². The van der Waals surface area contributed by atoms with Gasteiger partial charge in [-0.15, -0.1) is 0 Å². The summed E-state index contributed by atoms with van der Waals surface area (Å²) in [5, 5.41) is 8.41. The maximum Gasteiger partial charge on any atom is 0.405 e. The molecule has 0 amide bonds. The Morgan fingerprint density at radius 1 is 1.62 bits per heavy atom. The van der Waals surface area contributed by atoms with E-state index >= 15 is 0 Å². The zero-order valence-corrected chi connectivity index (χ0v) is 6.54. The van der Waals surface area contributed by atoms with E-state index in [2.05, 4.69) is 4.99 Å². The summed E-state index contributed by atoms with van der Waals surface area (Å²) in [5.41, 5.74) is 0.228. The van der Waals surface area contributed by atoms with Gasteiger partial charge in [0, 0.05) is 6.20 Å². The van der Waals surface area contributed by atoms with Crippen LogP contribution in [-0.4, -0.2) is 30.5 Å². The van der Waals surface area contributed by atoms with Crippen molar-refractivity contribution in [2.45, 2.75) is 6.18 Å². The molecule has 70 valence electrons. The normalized spacial score (nSPS) is 16.8. The monoisotopic (exact) mass is 189 g/mol. The Balaban J connectivity index is 2.55. The number of alkyl halides is 3. The second-order valence-corrected chi connectivity index (χ2v) is 2.55. The topological polar surface area (TPSA) is 39.4 Å². The van der Waals surface area contributed by atoms with Crippen molar-refractivity contribution in [3.05, 3.63) is 11.8 Å². The third kappa shape index (κ3) is 3.15. The van der Waals surface area contributed by atoms with Crippen molar-refractivity contribution in [2.75, 3.05) is 13.1 Å². The van der Waals surface area contributed by atoms with Gasteiger partial charge in [0.2, 0.25) is 0 Å². The van der Waals surface area contributed by atoms with Crippen molar-refractivity contribution in [2.24, 2.45) is 4.99 Å². The Labute approximate surface area is 72.8 Å². The fourth-order valence-corrected chi connectivity index (χ4v) is 0.909. The Morgan fingerprint density at radius 3 is 2.85 bits per heavy atom. The van der Waals surface area contributed by atoms with Gasteiger partial charge in [0.15, 0.2) is 0 Å². The Hall–Kier alpha value is -1.51. The molecule has 0 N–H and O–H groups in total. The first-order valence-corrected chi connectivity index (χ1v) is 3.44. The summed E-state index contributed by atoms with van der Waals surface area (Å²) < 4.78 is 35.6. The van der Waals surface area contributed by atoms with Crippen molar-refractivity contribution in [1.29, 1.82) is 5.26 Å². The Bertz CT molecular complexity index is 284. The zero-order valence-electron chi connectivity index (χ0n) is 6.54. The first-order chi connectivity index (χ1) is 6.01. The number of nitrogens with zero attached hydrogens (tertiary/aromatic N) is 3. The lowest BCUT2D eigenvalue weighted by atomic mass is 10.3. The van der Waals surface area contributed by atoms with Crippen LogP contribution in [0.15, 0.2) is 16.8 Å². The number of nitriles is 1. The lowest BCUT2D eigenvalue weighted by Crippen LogP contribution is -2.35. The van der Waals surface area contributed by atoms with Crippen LogP contribution < -0.4 is 0 Å². The van der Waals surface area contributed by atoms with Gasteiger partial charge >= 0.3 is 6.18 Å². The van der Waals surface area contributed by atoms with Crippen molar-refractivity contribution in [3.63, 3.8) is 0 Å². The minimum atomic E-state index is -4.26. The van der Waals surface area contributed by atoms with Crippen LogP contribution in [0.25, 0.3) is 0 Å². The van der Waals surface area contributed by atoms with E-state index < -0.39 is 12.7 Å². The van der Waals surface area contributed by atoms with Crippen LogP contribution in [0, 0.1) is 11.3 Å². The molecule has 3 nitrogen and oxygen atoms in total. The van der Waals surface area contributed by atoms with E-state index in [4.69, 9.17) is 5.26 Å². The predicted octanol–water partition coefficient (Wildman–Crippen LogP) is 1.30. The molecule has 0 aromatic rings. The molecule has 1 aliphatic heterocycles. The molecule has 1 aliphatic rings. The summed E-state index contributed by atoms with van der Waals surface area (Å²) in [6.45, 7) is -1.10. The van der Waals surface area contributed by atoms with Gasteiger partial charge in [-0.1, -0.05) is 0 Å². The summed E-state index contributed by atoms with van der Waals surface area (Å²) in [6, 6.07) is 1.76. The van der Waals surface area contributed by atoms with Gasteiger partial charge in [0.05, 0.1) is 24.5 Å². The molecule has 1 heterocycles. The highest BCUT2D eigenvalue weighted by molar-refractivity contribution is 5.59. The highest BCUT2D eigenvalue weighted by atomic mass is 19.4. The molecule has 1 rings (SSSR count).